The Labute approximate surface area is 82.7 Å². The second kappa shape index (κ2) is 3.46. The van der Waals surface area contributed by atoms with Crippen molar-refractivity contribution in [2.24, 2.45) is 0 Å². The summed E-state index contributed by atoms with van der Waals surface area (Å²) in [4.78, 5) is 11.7. The van der Waals surface area contributed by atoms with Gasteiger partial charge in [0.15, 0.2) is 0 Å². The topological polar surface area (TPSA) is 54.3 Å². The lowest BCUT2D eigenvalue weighted by atomic mass is 10.1. The van der Waals surface area contributed by atoms with E-state index in [1.54, 1.807) is 13.0 Å². The molecule has 1 aliphatic rings. The molecular weight excluding hydrogens is 180 g/mol. The zero-order chi connectivity index (χ0) is 10.1. The zero-order valence-corrected chi connectivity index (χ0v) is 8.39. The monoisotopic (exact) mass is 194 g/mol. The highest BCUT2D eigenvalue weighted by atomic mass is 16.3. The second-order valence-corrected chi connectivity index (χ2v) is 3.66. The molecule has 0 aliphatic carbocycles. The summed E-state index contributed by atoms with van der Waals surface area (Å²) in [5.41, 5.74) is 0.648. The number of hydrogen-bond donors (Lipinski definition) is 2. The number of rotatable bonds is 2. The Hall–Kier alpha value is -1.29. The van der Waals surface area contributed by atoms with Crippen molar-refractivity contribution in [1.82, 2.24) is 10.6 Å². The van der Waals surface area contributed by atoms with Gasteiger partial charge in [0.25, 0.3) is 5.91 Å². The molecule has 2 heterocycles. The highest BCUT2D eigenvalue weighted by Gasteiger charge is 2.21. The minimum atomic E-state index is -0.0362. The third kappa shape index (κ3) is 1.65. The lowest BCUT2D eigenvalue weighted by Crippen LogP contribution is -2.56. The Bertz CT molecular complexity index is 353. The normalized spacial score (nSPS) is 16.4. The molecule has 1 aromatic heterocycles. The van der Waals surface area contributed by atoms with Gasteiger partial charge in [-0.1, -0.05) is 0 Å². The van der Waals surface area contributed by atoms with Crippen LogP contribution >= 0.6 is 0 Å². The van der Waals surface area contributed by atoms with Gasteiger partial charge in [0, 0.05) is 13.1 Å². The smallest absolute Gasteiger partial charge is 0.255 e. The van der Waals surface area contributed by atoms with Crippen LogP contribution in [0.2, 0.25) is 0 Å². The predicted octanol–water partition coefficient (Wildman–Crippen LogP) is 0.598. The molecule has 2 N–H and O–H groups in total. The Balaban J connectivity index is 2.06. The van der Waals surface area contributed by atoms with Gasteiger partial charge < -0.3 is 15.1 Å². The van der Waals surface area contributed by atoms with Crippen LogP contribution in [0.1, 0.15) is 21.9 Å². The summed E-state index contributed by atoms with van der Waals surface area (Å²) in [5, 5.41) is 6.03. The molecule has 0 bridgehead atoms. The lowest BCUT2D eigenvalue weighted by Gasteiger charge is -2.27. The molecule has 0 spiro atoms. The summed E-state index contributed by atoms with van der Waals surface area (Å²) in [7, 11) is 0. The summed E-state index contributed by atoms with van der Waals surface area (Å²) < 4.78 is 5.29. The number of hydrogen-bond acceptors (Lipinski definition) is 3. The number of amides is 1. The number of nitrogens with one attached hydrogen (secondary N) is 2. The average Bonchev–Trinajstić information content (AvgIpc) is 2.37. The molecule has 4 nitrogen and oxygen atoms in total. The van der Waals surface area contributed by atoms with Gasteiger partial charge in [-0.25, -0.2) is 0 Å². The van der Waals surface area contributed by atoms with Gasteiger partial charge in [-0.3, -0.25) is 4.79 Å². The van der Waals surface area contributed by atoms with Crippen molar-refractivity contribution in [3.63, 3.8) is 0 Å². The molecule has 0 saturated carbocycles. The Morgan fingerprint density at radius 3 is 2.71 bits per heavy atom. The Kier molecular flexibility index (Phi) is 2.29. The van der Waals surface area contributed by atoms with Crippen molar-refractivity contribution in [3.8, 4) is 0 Å². The molecule has 2 rings (SSSR count). The number of furan rings is 1. The highest BCUT2D eigenvalue weighted by Crippen LogP contribution is 2.13. The minimum absolute atomic E-state index is 0.0362. The lowest BCUT2D eigenvalue weighted by molar-refractivity contribution is 0.0922. The average molecular weight is 194 g/mol. The molecule has 1 aromatic rings. The Morgan fingerprint density at radius 2 is 2.29 bits per heavy atom. The first-order valence-corrected chi connectivity index (χ1v) is 4.75. The minimum Gasteiger partial charge on any atom is -0.466 e. The van der Waals surface area contributed by atoms with E-state index < -0.39 is 0 Å². The van der Waals surface area contributed by atoms with Gasteiger partial charge in [-0.15, -0.1) is 0 Å². The van der Waals surface area contributed by atoms with Crippen LogP contribution in [0.25, 0.3) is 0 Å². The summed E-state index contributed by atoms with van der Waals surface area (Å²) in [5.74, 6) is 1.43. The maximum absolute atomic E-state index is 11.7. The standard InChI is InChI=1S/C10H14N2O2/c1-6-3-9(7(2)14-6)10(13)12-8-4-11-5-8/h3,8,11H,4-5H2,1-2H3,(H,12,13). The molecule has 0 atom stereocenters. The molecule has 1 saturated heterocycles. The quantitative estimate of drug-likeness (QED) is 0.724. The SMILES string of the molecule is Cc1cc(C(=O)NC2CNC2)c(C)o1. The van der Waals surface area contributed by atoms with Crippen molar-refractivity contribution < 1.29 is 9.21 Å². The van der Waals surface area contributed by atoms with Gasteiger partial charge in [-0.2, -0.15) is 0 Å². The van der Waals surface area contributed by atoms with E-state index in [4.69, 9.17) is 4.42 Å². The molecule has 14 heavy (non-hydrogen) atoms. The van der Waals surface area contributed by atoms with E-state index in [1.807, 2.05) is 6.92 Å². The van der Waals surface area contributed by atoms with Crippen molar-refractivity contribution in [2.45, 2.75) is 19.9 Å². The second-order valence-electron chi connectivity index (χ2n) is 3.66. The van der Waals surface area contributed by atoms with E-state index >= 15 is 0 Å². The fraction of sp³-hybridized carbons (Fsp3) is 0.500. The molecule has 1 aliphatic heterocycles. The first kappa shape index (κ1) is 9.27. The van der Waals surface area contributed by atoms with E-state index in [0.717, 1.165) is 18.8 Å². The third-order valence-corrected chi connectivity index (χ3v) is 2.40. The fourth-order valence-electron chi connectivity index (χ4n) is 1.51. The van der Waals surface area contributed by atoms with Gasteiger partial charge in [0.1, 0.15) is 11.5 Å². The van der Waals surface area contributed by atoms with E-state index in [2.05, 4.69) is 10.6 Å². The van der Waals surface area contributed by atoms with Crippen LogP contribution in [0.15, 0.2) is 10.5 Å². The number of aryl methyl sites for hydroxylation is 2. The summed E-state index contributed by atoms with van der Waals surface area (Å²) in [6.45, 7) is 5.37. The van der Waals surface area contributed by atoms with Crippen molar-refractivity contribution in [1.29, 1.82) is 0 Å². The van der Waals surface area contributed by atoms with Crippen molar-refractivity contribution >= 4 is 5.91 Å². The van der Waals surface area contributed by atoms with Crippen LogP contribution in [0.3, 0.4) is 0 Å². The number of carbonyl (C=O) groups is 1. The van der Waals surface area contributed by atoms with E-state index in [1.165, 1.54) is 0 Å². The molecule has 0 radical (unpaired) electrons. The maximum Gasteiger partial charge on any atom is 0.255 e. The first-order valence-electron chi connectivity index (χ1n) is 4.75. The van der Waals surface area contributed by atoms with E-state index in [-0.39, 0.29) is 11.9 Å². The first-order chi connectivity index (χ1) is 6.66. The van der Waals surface area contributed by atoms with Crippen LogP contribution in [-0.2, 0) is 0 Å². The van der Waals surface area contributed by atoms with Gasteiger partial charge in [-0.05, 0) is 19.9 Å². The van der Waals surface area contributed by atoms with Crippen LogP contribution in [0, 0.1) is 13.8 Å². The van der Waals surface area contributed by atoms with Crippen molar-refractivity contribution in [2.75, 3.05) is 13.1 Å². The highest BCUT2D eigenvalue weighted by molar-refractivity contribution is 5.95. The van der Waals surface area contributed by atoms with Gasteiger partial charge in [0.05, 0.1) is 11.6 Å². The summed E-state index contributed by atoms with van der Waals surface area (Å²) in [6, 6.07) is 2.05. The van der Waals surface area contributed by atoms with Gasteiger partial charge >= 0.3 is 0 Å². The fourth-order valence-corrected chi connectivity index (χ4v) is 1.51. The van der Waals surface area contributed by atoms with Crippen LogP contribution in [-0.4, -0.2) is 25.0 Å². The maximum atomic E-state index is 11.7. The summed E-state index contributed by atoms with van der Waals surface area (Å²) in [6.07, 6.45) is 0. The predicted molar refractivity (Wildman–Crippen MR) is 52.3 cm³/mol. The largest absolute Gasteiger partial charge is 0.466 e. The number of carbonyl (C=O) groups excluding carboxylic acids is 1. The molecule has 0 unspecified atom stereocenters. The van der Waals surface area contributed by atoms with E-state index in [0.29, 0.717) is 11.3 Å². The molecule has 0 aromatic carbocycles. The van der Waals surface area contributed by atoms with E-state index in [9.17, 15) is 4.79 Å². The molecule has 1 amide bonds. The Morgan fingerprint density at radius 1 is 1.57 bits per heavy atom. The third-order valence-electron chi connectivity index (χ3n) is 2.40. The molecule has 76 valence electrons. The molecule has 1 fully saturated rings. The molecule has 4 heteroatoms. The van der Waals surface area contributed by atoms with Gasteiger partial charge in [0.2, 0.25) is 0 Å². The van der Waals surface area contributed by atoms with Crippen molar-refractivity contribution in [3.05, 3.63) is 23.2 Å². The zero-order valence-electron chi connectivity index (χ0n) is 8.39. The van der Waals surface area contributed by atoms with Crippen LogP contribution in [0.5, 0.6) is 0 Å². The summed E-state index contributed by atoms with van der Waals surface area (Å²) >= 11 is 0. The molecular formula is C10H14N2O2. The van der Waals surface area contributed by atoms with Crippen LogP contribution < -0.4 is 10.6 Å². The van der Waals surface area contributed by atoms with Crippen LogP contribution in [0.4, 0.5) is 0 Å².